The Balaban J connectivity index is 1.40. The number of para-hydroxylation sites is 1. The number of alkyl halides is 2. The Kier molecular flexibility index (Phi) is 6.08. The van der Waals surface area contributed by atoms with Gasteiger partial charge in [0.25, 0.3) is 0 Å². The third-order valence-corrected chi connectivity index (χ3v) is 5.42. The summed E-state index contributed by atoms with van der Waals surface area (Å²) < 4.78 is 35.2. The third kappa shape index (κ3) is 4.94. The second-order valence-electron chi connectivity index (χ2n) is 7.35. The van der Waals surface area contributed by atoms with Gasteiger partial charge in [0.1, 0.15) is 12.4 Å². The van der Waals surface area contributed by atoms with Gasteiger partial charge < -0.3 is 9.47 Å². The van der Waals surface area contributed by atoms with Gasteiger partial charge in [-0.05, 0) is 36.0 Å². The number of H-pyrrole nitrogens is 1. The van der Waals surface area contributed by atoms with Crippen LogP contribution in [0.2, 0.25) is 0 Å². The van der Waals surface area contributed by atoms with Gasteiger partial charge in [-0.2, -0.15) is 8.78 Å². The molecule has 0 unspecified atom stereocenters. The molecule has 0 bridgehead atoms. The van der Waals surface area contributed by atoms with E-state index in [1.807, 2.05) is 6.07 Å². The highest BCUT2D eigenvalue weighted by molar-refractivity contribution is 5.60. The summed E-state index contributed by atoms with van der Waals surface area (Å²) in [5, 5.41) is 7.15. The molecule has 1 heterocycles. The van der Waals surface area contributed by atoms with E-state index in [2.05, 4.69) is 39.2 Å². The third-order valence-electron chi connectivity index (χ3n) is 5.42. The summed E-state index contributed by atoms with van der Waals surface area (Å²) in [5.74, 6) is 1.19. The summed E-state index contributed by atoms with van der Waals surface area (Å²) in [6.45, 7) is -2.78. The van der Waals surface area contributed by atoms with Gasteiger partial charge in [-0.3, -0.25) is 5.10 Å². The molecule has 0 amide bonds. The van der Waals surface area contributed by atoms with Crippen LogP contribution in [0, 0.1) is 0 Å². The van der Waals surface area contributed by atoms with Crippen LogP contribution in [0.3, 0.4) is 0 Å². The lowest BCUT2D eigenvalue weighted by molar-refractivity contribution is -0.0508. The number of halogens is 2. The van der Waals surface area contributed by atoms with Crippen molar-refractivity contribution < 1.29 is 18.3 Å². The van der Waals surface area contributed by atoms with Crippen LogP contribution in [0.25, 0.3) is 11.3 Å². The van der Waals surface area contributed by atoms with Crippen LogP contribution in [0.1, 0.15) is 49.1 Å². The molecule has 2 aromatic carbocycles. The molecule has 152 valence electrons. The van der Waals surface area contributed by atoms with Gasteiger partial charge >= 0.3 is 6.61 Å². The Bertz CT molecular complexity index is 919. The van der Waals surface area contributed by atoms with Gasteiger partial charge in [-0.15, -0.1) is 5.10 Å². The molecule has 4 nitrogen and oxygen atoms in total. The Morgan fingerprint density at radius 3 is 2.52 bits per heavy atom. The predicted octanol–water partition coefficient (Wildman–Crippen LogP) is 6.30. The lowest BCUT2D eigenvalue weighted by Gasteiger charge is -2.22. The van der Waals surface area contributed by atoms with E-state index in [9.17, 15) is 8.78 Å². The van der Waals surface area contributed by atoms with Crippen molar-refractivity contribution in [1.82, 2.24) is 10.2 Å². The van der Waals surface area contributed by atoms with Crippen LogP contribution in [0.15, 0.2) is 54.6 Å². The maximum absolute atomic E-state index is 12.5. The van der Waals surface area contributed by atoms with E-state index in [0.717, 1.165) is 11.3 Å². The number of aromatic amines is 1. The minimum atomic E-state index is -2.87. The van der Waals surface area contributed by atoms with Gasteiger partial charge in [-0.1, -0.05) is 61.7 Å². The molecular weight excluding hydrogens is 374 g/mol. The standard InChI is InChI=1S/C23H24F2N2O2/c24-23(25)29-21-9-5-4-8-19(21)15-28-22-14-20(26-27-22)18-12-10-17(11-13-18)16-6-2-1-3-7-16/h4-5,8-14,16,23H,1-3,6-7,15H2,(H,26,27). The summed E-state index contributed by atoms with van der Waals surface area (Å²) in [4.78, 5) is 0. The number of benzene rings is 2. The molecule has 1 aromatic heterocycles. The summed E-state index contributed by atoms with van der Waals surface area (Å²) in [5.41, 5.74) is 3.83. The van der Waals surface area contributed by atoms with Crippen LogP contribution in [0.4, 0.5) is 8.78 Å². The second-order valence-corrected chi connectivity index (χ2v) is 7.35. The number of rotatable bonds is 7. The van der Waals surface area contributed by atoms with Crippen LogP contribution in [-0.4, -0.2) is 16.8 Å². The molecule has 0 saturated heterocycles. The van der Waals surface area contributed by atoms with Crippen molar-refractivity contribution in [1.29, 1.82) is 0 Å². The largest absolute Gasteiger partial charge is 0.472 e. The molecule has 29 heavy (non-hydrogen) atoms. The Morgan fingerprint density at radius 2 is 1.76 bits per heavy atom. The molecule has 0 radical (unpaired) electrons. The lowest BCUT2D eigenvalue weighted by atomic mass is 9.84. The molecule has 1 fully saturated rings. The van der Waals surface area contributed by atoms with Crippen molar-refractivity contribution in [3.05, 3.63) is 65.7 Å². The number of hydrogen-bond donors (Lipinski definition) is 1. The van der Waals surface area contributed by atoms with Gasteiger partial charge in [-0.25, -0.2) is 0 Å². The van der Waals surface area contributed by atoms with E-state index < -0.39 is 6.61 Å². The summed E-state index contributed by atoms with van der Waals surface area (Å²) in [7, 11) is 0. The first-order chi connectivity index (χ1) is 14.2. The highest BCUT2D eigenvalue weighted by Crippen LogP contribution is 2.33. The van der Waals surface area contributed by atoms with E-state index in [0.29, 0.717) is 17.4 Å². The Hall–Kier alpha value is -2.89. The fraction of sp³-hybridized carbons (Fsp3) is 0.348. The van der Waals surface area contributed by atoms with Crippen molar-refractivity contribution in [2.24, 2.45) is 0 Å². The fourth-order valence-electron chi connectivity index (χ4n) is 3.88. The predicted molar refractivity (Wildman–Crippen MR) is 107 cm³/mol. The molecule has 0 aliphatic heterocycles. The first kappa shape index (κ1) is 19.4. The number of nitrogens with one attached hydrogen (secondary N) is 1. The summed E-state index contributed by atoms with van der Waals surface area (Å²) >= 11 is 0. The van der Waals surface area contributed by atoms with Crippen molar-refractivity contribution in [3.8, 4) is 22.9 Å². The molecule has 0 spiro atoms. The average molecular weight is 398 g/mol. The van der Waals surface area contributed by atoms with E-state index >= 15 is 0 Å². The van der Waals surface area contributed by atoms with Crippen molar-refractivity contribution in [3.63, 3.8) is 0 Å². The second kappa shape index (κ2) is 9.07. The minimum absolute atomic E-state index is 0.0911. The van der Waals surface area contributed by atoms with E-state index in [1.165, 1.54) is 43.7 Å². The molecule has 3 aromatic rings. The number of ether oxygens (including phenoxy) is 2. The Morgan fingerprint density at radius 1 is 1.00 bits per heavy atom. The quantitative estimate of drug-likeness (QED) is 0.508. The van der Waals surface area contributed by atoms with E-state index in [1.54, 1.807) is 18.2 Å². The number of aromatic nitrogens is 2. The zero-order chi connectivity index (χ0) is 20.1. The smallest absolute Gasteiger partial charge is 0.387 e. The molecule has 1 saturated carbocycles. The van der Waals surface area contributed by atoms with Crippen molar-refractivity contribution in [2.75, 3.05) is 0 Å². The fourth-order valence-corrected chi connectivity index (χ4v) is 3.88. The maximum atomic E-state index is 12.5. The first-order valence-corrected chi connectivity index (χ1v) is 10.0. The lowest BCUT2D eigenvalue weighted by Crippen LogP contribution is -2.06. The highest BCUT2D eigenvalue weighted by Gasteiger charge is 2.16. The van der Waals surface area contributed by atoms with Crippen molar-refractivity contribution in [2.45, 2.75) is 51.2 Å². The average Bonchev–Trinajstić information content (AvgIpc) is 3.23. The highest BCUT2D eigenvalue weighted by atomic mass is 19.3. The van der Waals surface area contributed by atoms with Crippen LogP contribution < -0.4 is 9.47 Å². The Labute approximate surface area is 168 Å². The van der Waals surface area contributed by atoms with Gasteiger partial charge in [0.2, 0.25) is 5.88 Å². The van der Waals surface area contributed by atoms with Gasteiger partial charge in [0.05, 0.1) is 5.69 Å². The number of hydrogen-bond acceptors (Lipinski definition) is 3. The zero-order valence-electron chi connectivity index (χ0n) is 16.1. The minimum Gasteiger partial charge on any atom is -0.472 e. The van der Waals surface area contributed by atoms with Crippen LogP contribution in [0.5, 0.6) is 11.6 Å². The molecular formula is C23H24F2N2O2. The van der Waals surface area contributed by atoms with Crippen molar-refractivity contribution >= 4 is 0 Å². The summed E-state index contributed by atoms with van der Waals surface area (Å²) in [6, 6.07) is 17.0. The van der Waals surface area contributed by atoms with E-state index in [-0.39, 0.29) is 12.4 Å². The van der Waals surface area contributed by atoms with E-state index in [4.69, 9.17) is 4.74 Å². The molecule has 6 heteroatoms. The zero-order valence-corrected chi connectivity index (χ0v) is 16.1. The van der Waals surface area contributed by atoms with Crippen LogP contribution >= 0.6 is 0 Å². The van der Waals surface area contributed by atoms with Gasteiger partial charge in [0, 0.05) is 11.6 Å². The monoisotopic (exact) mass is 398 g/mol. The molecule has 1 N–H and O–H groups in total. The van der Waals surface area contributed by atoms with Gasteiger partial charge in [0.15, 0.2) is 0 Å². The van der Waals surface area contributed by atoms with Crippen LogP contribution in [-0.2, 0) is 6.61 Å². The topological polar surface area (TPSA) is 47.1 Å². The normalized spacial score (nSPS) is 14.9. The molecule has 1 aliphatic carbocycles. The molecule has 1 aliphatic rings. The molecule has 4 rings (SSSR count). The SMILES string of the molecule is FC(F)Oc1ccccc1COc1cc(-c2ccc(C3CCCCC3)cc2)[nH]n1. The first-order valence-electron chi connectivity index (χ1n) is 10.0. The molecule has 0 atom stereocenters. The maximum Gasteiger partial charge on any atom is 0.387 e. The number of nitrogens with zero attached hydrogens (tertiary/aromatic N) is 1. The summed E-state index contributed by atoms with van der Waals surface area (Å²) in [6.07, 6.45) is 6.54.